The molecule has 0 spiro atoms. The minimum atomic E-state index is 0. The Hall–Kier alpha value is -1.83. The van der Waals surface area contributed by atoms with Gasteiger partial charge >= 0.3 is 0 Å². The van der Waals surface area contributed by atoms with Crippen molar-refractivity contribution in [2.45, 2.75) is 12.8 Å². The second kappa shape index (κ2) is 8.14. The van der Waals surface area contributed by atoms with Crippen LogP contribution in [0.15, 0.2) is 30.3 Å². The van der Waals surface area contributed by atoms with E-state index in [0.29, 0.717) is 5.56 Å². The van der Waals surface area contributed by atoms with Crippen LogP contribution in [0, 0.1) is 23.2 Å². The summed E-state index contributed by atoms with van der Waals surface area (Å²) in [5.41, 5.74) is 1.58. The fourth-order valence-electron chi connectivity index (χ4n) is 3.38. The molecule has 2 atom stereocenters. The predicted octanol–water partition coefficient (Wildman–Crippen LogP) is 2.45. The standard InChI is InChI=1S/C18H21N3O.ClH/c19-11-15-3-1-14(2-4-15)5-6-18(22)21-9-7-16-12-20-13-17(16)8-10-21;/h1-6,16-17,20H,7-10,12-13H2;1H/t16-,17+;. The van der Waals surface area contributed by atoms with E-state index in [-0.39, 0.29) is 18.3 Å². The molecule has 5 heteroatoms. The molecule has 0 radical (unpaired) electrons. The number of benzene rings is 1. The SMILES string of the molecule is Cl.N#Cc1ccc(C=CC(=O)N2CC[C@@H]3CNC[C@@H]3CC2)cc1. The number of nitrogens with one attached hydrogen (secondary N) is 1. The van der Waals surface area contributed by atoms with Gasteiger partial charge in [-0.2, -0.15) is 5.26 Å². The van der Waals surface area contributed by atoms with Crippen molar-refractivity contribution in [3.05, 3.63) is 41.5 Å². The molecule has 0 saturated carbocycles. The molecular formula is C18H22ClN3O. The molecule has 0 aromatic heterocycles. The van der Waals surface area contributed by atoms with Gasteiger partial charge in [0.1, 0.15) is 0 Å². The van der Waals surface area contributed by atoms with Gasteiger partial charge in [0, 0.05) is 19.2 Å². The van der Waals surface area contributed by atoms with Crippen molar-refractivity contribution in [2.75, 3.05) is 26.2 Å². The highest BCUT2D eigenvalue weighted by atomic mass is 35.5. The largest absolute Gasteiger partial charge is 0.339 e. The van der Waals surface area contributed by atoms with Crippen LogP contribution in [-0.2, 0) is 4.79 Å². The van der Waals surface area contributed by atoms with Gasteiger partial charge in [-0.3, -0.25) is 4.79 Å². The lowest BCUT2D eigenvalue weighted by Crippen LogP contribution is -2.31. The van der Waals surface area contributed by atoms with Crippen molar-refractivity contribution >= 4 is 24.4 Å². The van der Waals surface area contributed by atoms with Gasteiger partial charge in [-0.1, -0.05) is 12.1 Å². The quantitative estimate of drug-likeness (QED) is 0.847. The van der Waals surface area contributed by atoms with Crippen molar-refractivity contribution in [3.63, 3.8) is 0 Å². The number of likely N-dealkylation sites (tertiary alicyclic amines) is 1. The average molecular weight is 332 g/mol. The molecule has 1 amide bonds. The third-order valence-electron chi connectivity index (χ3n) is 4.79. The van der Waals surface area contributed by atoms with Gasteiger partial charge in [-0.15, -0.1) is 12.4 Å². The minimum absolute atomic E-state index is 0. The number of nitriles is 1. The highest BCUT2D eigenvalue weighted by molar-refractivity contribution is 5.91. The van der Waals surface area contributed by atoms with Gasteiger partial charge in [0.05, 0.1) is 11.6 Å². The Kier molecular flexibility index (Phi) is 6.20. The number of hydrogen-bond acceptors (Lipinski definition) is 3. The minimum Gasteiger partial charge on any atom is -0.339 e. The molecule has 3 rings (SSSR count). The van der Waals surface area contributed by atoms with Crippen molar-refractivity contribution < 1.29 is 4.79 Å². The number of nitrogens with zero attached hydrogens (tertiary/aromatic N) is 2. The monoisotopic (exact) mass is 331 g/mol. The van der Waals surface area contributed by atoms with E-state index < -0.39 is 0 Å². The molecule has 1 N–H and O–H groups in total. The Morgan fingerprint density at radius 1 is 1.17 bits per heavy atom. The molecule has 2 aliphatic rings. The number of carbonyl (C=O) groups excluding carboxylic acids is 1. The fraction of sp³-hybridized carbons (Fsp3) is 0.444. The second-order valence-electron chi connectivity index (χ2n) is 6.15. The van der Waals surface area contributed by atoms with Crippen molar-refractivity contribution in [1.82, 2.24) is 10.2 Å². The van der Waals surface area contributed by atoms with E-state index in [1.54, 1.807) is 18.2 Å². The van der Waals surface area contributed by atoms with Crippen molar-refractivity contribution in [3.8, 4) is 6.07 Å². The normalized spacial score (nSPS) is 23.7. The molecule has 122 valence electrons. The zero-order valence-corrected chi connectivity index (χ0v) is 13.9. The molecule has 2 fully saturated rings. The average Bonchev–Trinajstić information content (AvgIpc) is 2.91. The molecule has 4 nitrogen and oxygen atoms in total. The Bertz CT molecular complexity index is 592. The van der Waals surface area contributed by atoms with Gasteiger partial charge in [0.2, 0.25) is 5.91 Å². The highest BCUT2D eigenvalue weighted by Crippen LogP contribution is 2.27. The van der Waals surface area contributed by atoms with Crippen LogP contribution in [0.25, 0.3) is 6.08 Å². The summed E-state index contributed by atoms with van der Waals surface area (Å²) in [7, 11) is 0. The molecule has 1 aromatic rings. The smallest absolute Gasteiger partial charge is 0.246 e. The van der Waals surface area contributed by atoms with Crippen LogP contribution in [0.5, 0.6) is 0 Å². The molecule has 1 aromatic carbocycles. The van der Waals surface area contributed by atoms with Crippen LogP contribution in [0.2, 0.25) is 0 Å². The van der Waals surface area contributed by atoms with Gasteiger partial charge in [-0.05, 0) is 61.5 Å². The topological polar surface area (TPSA) is 56.1 Å². The van der Waals surface area contributed by atoms with Crippen LogP contribution in [0.3, 0.4) is 0 Å². The molecular weight excluding hydrogens is 310 g/mol. The molecule has 23 heavy (non-hydrogen) atoms. The predicted molar refractivity (Wildman–Crippen MR) is 93.1 cm³/mol. The van der Waals surface area contributed by atoms with Crippen LogP contribution in [-0.4, -0.2) is 37.0 Å². The summed E-state index contributed by atoms with van der Waals surface area (Å²) >= 11 is 0. The molecule has 2 saturated heterocycles. The summed E-state index contributed by atoms with van der Waals surface area (Å²) < 4.78 is 0. The summed E-state index contributed by atoms with van der Waals surface area (Å²) in [4.78, 5) is 14.3. The van der Waals surface area contributed by atoms with E-state index in [1.165, 1.54) is 0 Å². The van der Waals surface area contributed by atoms with Gasteiger partial charge in [0.15, 0.2) is 0 Å². The second-order valence-corrected chi connectivity index (χ2v) is 6.15. The first kappa shape index (κ1) is 17.5. The van der Waals surface area contributed by atoms with Gasteiger partial charge in [-0.25, -0.2) is 0 Å². The first-order chi connectivity index (χ1) is 10.8. The fourth-order valence-corrected chi connectivity index (χ4v) is 3.38. The number of fused-ring (bicyclic) bond motifs is 1. The van der Waals surface area contributed by atoms with Crippen LogP contribution in [0.4, 0.5) is 0 Å². The molecule has 0 bridgehead atoms. The highest BCUT2D eigenvalue weighted by Gasteiger charge is 2.30. The van der Waals surface area contributed by atoms with E-state index in [9.17, 15) is 4.79 Å². The Morgan fingerprint density at radius 2 is 1.78 bits per heavy atom. The van der Waals surface area contributed by atoms with Crippen molar-refractivity contribution in [1.29, 1.82) is 5.26 Å². The van der Waals surface area contributed by atoms with Gasteiger partial charge < -0.3 is 10.2 Å². The molecule has 0 unspecified atom stereocenters. The maximum absolute atomic E-state index is 12.3. The summed E-state index contributed by atoms with van der Waals surface area (Å²) in [6, 6.07) is 9.35. The lowest BCUT2D eigenvalue weighted by Gasteiger charge is -2.18. The van der Waals surface area contributed by atoms with E-state index in [4.69, 9.17) is 5.26 Å². The van der Waals surface area contributed by atoms with E-state index in [0.717, 1.165) is 56.4 Å². The summed E-state index contributed by atoms with van der Waals surface area (Å²) in [6.45, 7) is 3.93. The van der Waals surface area contributed by atoms with E-state index >= 15 is 0 Å². The van der Waals surface area contributed by atoms with E-state index in [2.05, 4.69) is 11.4 Å². The van der Waals surface area contributed by atoms with Gasteiger partial charge in [0.25, 0.3) is 0 Å². The number of rotatable bonds is 2. The number of halogens is 1. The Morgan fingerprint density at radius 3 is 2.35 bits per heavy atom. The van der Waals surface area contributed by atoms with Crippen LogP contribution >= 0.6 is 12.4 Å². The number of hydrogen-bond donors (Lipinski definition) is 1. The first-order valence-corrected chi connectivity index (χ1v) is 7.94. The molecule has 0 aliphatic carbocycles. The first-order valence-electron chi connectivity index (χ1n) is 7.94. The summed E-state index contributed by atoms with van der Waals surface area (Å²) in [6.07, 6.45) is 5.69. The molecule has 2 aliphatic heterocycles. The lowest BCUT2D eigenvalue weighted by atomic mass is 9.92. The third-order valence-corrected chi connectivity index (χ3v) is 4.79. The Balaban J connectivity index is 0.00000192. The van der Waals surface area contributed by atoms with Crippen molar-refractivity contribution in [2.24, 2.45) is 11.8 Å². The van der Waals surface area contributed by atoms with Crippen LogP contribution < -0.4 is 5.32 Å². The van der Waals surface area contributed by atoms with Crippen LogP contribution in [0.1, 0.15) is 24.0 Å². The van der Waals surface area contributed by atoms with E-state index in [1.807, 2.05) is 23.1 Å². The summed E-state index contributed by atoms with van der Waals surface area (Å²) in [5.74, 6) is 1.57. The molecule has 2 heterocycles. The lowest BCUT2D eigenvalue weighted by molar-refractivity contribution is -0.125. The zero-order valence-electron chi connectivity index (χ0n) is 13.1. The number of amides is 1. The summed E-state index contributed by atoms with van der Waals surface area (Å²) in [5, 5.41) is 12.2. The third kappa shape index (κ3) is 4.34. The zero-order chi connectivity index (χ0) is 15.4. The Labute approximate surface area is 143 Å². The maximum atomic E-state index is 12.3. The number of carbonyl (C=O) groups is 1. The maximum Gasteiger partial charge on any atom is 0.246 e.